The number of ether oxygens (including phenoxy) is 3. The maximum absolute atomic E-state index is 5.91. The molecule has 0 bridgehead atoms. The lowest BCUT2D eigenvalue weighted by Gasteiger charge is -2.40. The van der Waals surface area contributed by atoms with E-state index < -0.39 is 0 Å². The van der Waals surface area contributed by atoms with Gasteiger partial charge in [-0.05, 0) is 39.8 Å². The van der Waals surface area contributed by atoms with E-state index in [4.69, 9.17) is 14.2 Å². The van der Waals surface area contributed by atoms with E-state index in [1.165, 1.54) is 22.3 Å². The van der Waals surface area contributed by atoms with Gasteiger partial charge in [-0.25, -0.2) is 0 Å². The minimum atomic E-state index is 0.133. The fourth-order valence-corrected chi connectivity index (χ4v) is 4.89. The van der Waals surface area contributed by atoms with Crippen molar-refractivity contribution in [2.45, 2.75) is 38.8 Å². The summed E-state index contributed by atoms with van der Waals surface area (Å²) in [6, 6.07) is 28.6. The number of benzene rings is 3. The van der Waals surface area contributed by atoms with Crippen molar-refractivity contribution in [1.29, 1.82) is 0 Å². The fourth-order valence-electron chi connectivity index (χ4n) is 4.89. The number of rotatable bonds is 11. The molecule has 1 aliphatic rings. The highest BCUT2D eigenvalue weighted by atomic mass is 16.7. The summed E-state index contributed by atoms with van der Waals surface area (Å²) in [5, 5.41) is 0. The molecule has 0 aliphatic carbocycles. The van der Waals surface area contributed by atoms with Gasteiger partial charge in [-0.2, -0.15) is 0 Å². The minimum Gasteiger partial charge on any atom is -0.468 e. The van der Waals surface area contributed by atoms with Crippen LogP contribution in [-0.2, 0) is 21.4 Å². The number of nitrogens with zero attached hydrogens (tertiary/aromatic N) is 2. The maximum atomic E-state index is 5.91. The Morgan fingerprint density at radius 1 is 0.784 bits per heavy atom. The van der Waals surface area contributed by atoms with Gasteiger partial charge in [-0.3, -0.25) is 9.80 Å². The minimum absolute atomic E-state index is 0.133. The van der Waals surface area contributed by atoms with Crippen LogP contribution < -0.4 is 4.74 Å². The number of hydrogen-bond acceptors (Lipinski definition) is 5. The highest BCUT2D eigenvalue weighted by Gasteiger charge is 2.27. The molecule has 0 aromatic heterocycles. The zero-order valence-corrected chi connectivity index (χ0v) is 22.9. The summed E-state index contributed by atoms with van der Waals surface area (Å²) < 4.78 is 16.5. The van der Waals surface area contributed by atoms with Crippen molar-refractivity contribution in [3.8, 4) is 5.75 Å². The van der Waals surface area contributed by atoms with Crippen LogP contribution >= 0.6 is 0 Å². The van der Waals surface area contributed by atoms with Crippen LogP contribution in [0.5, 0.6) is 5.75 Å². The molecule has 37 heavy (non-hydrogen) atoms. The van der Waals surface area contributed by atoms with Crippen LogP contribution in [-0.4, -0.2) is 63.1 Å². The lowest BCUT2D eigenvalue weighted by Crippen LogP contribution is -2.47. The van der Waals surface area contributed by atoms with Crippen LogP contribution in [0.3, 0.4) is 0 Å². The Kier molecular flexibility index (Phi) is 9.75. The van der Waals surface area contributed by atoms with Crippen molar-refractivity contribution >= 4 is 0 Å². The Labute approximate surface area is 223 Å². The normalized spacial score (nSPS) is 16.0. The summed E-state index contributed by atoms with van der Waals surface area (Å²) in [7, 11) is 1.67. The predicted molar refractivity (Wildman–Crippen MR) is 150 cm³/mol. The van der Waals surface area contributed by atoms with Crippen molar-refractivity contribution in [3.05, 3.63) is 101 Å². The molecule has 0 amide bonds. The fraction of sp³-hybridized carbons (Fsp3) is 0.438. The summed E-state index contributed by atoms with van der Waals surface area (Å²) in [6.45, 7) is 13.2. The van der Waals surface area contributed by atoms with E-state index in [2.05, 4.69) is 103 Å². The SMILES string of the molecule is COCCOCOc1cccc(C(c2ccc(C(C)(C)C)cc2)N2CCN(Cc3ccccc3)CC2)c1. The van der Waals surface area contributed by atoms with Crippen molar-refractivity contribution < 1.29 is 14.2 Å². The van der Waals surface area contributed by atoms with Crippen molar-refractivity contribution in [1.82, 2.24) is 9.80 Å². The molecule has 1 unspecified atom stereocenters. The van der Waals surface area contributed by atoms with Gasteiger partial charge in [0.05, 0.1) is 19.3 Å². The third-order valence-corrected chi connectivity index (χ3v) is 7.03. The first-order valence-corrected chi connectivity index (χ1v) is 13.3. The number of methoxy groups -OCH3 is 1. The lowest BCUT2D eigenvalue weighted by atomic mass is 9.85. The molecule has 1 aliphatic heterocycles. The van der Waals surface area contributed by atoms with Crippen LogP contribution in [0, 0.1) is 0 Å². The van der Waals surface area contributed by atoms with Crippen molar-refractivity contribution in [2.75, 3.05) is 53.3 Å². The monoisotopic (exact) mass is 502 g/mol. The van der Waals surface area contributed by atoms with E-state index in [1.807, 2.05) is 6.07 Å². The molecule has 0 N–H and O–H groups in total. The largest absolute Gasteiger partial charge is 0.468 e. The zero-order chi connectivity index (χ0) is 26.1. The average Bonchev–Trinajstić information content (AvgIpc) is 2.90. The third kappa shape index (κ3) is 7.89. The van der Waals surface area contributed by atoms with Gasteiger partial charge in [0.2, 0.25) is 0 Å². The summed E-state index contributed by atoms with van der Waals surface area (Å²) in [5.41, 5.74) is 5.43. The Morgan fingerprint density at radius 3 is 2.19 bits per heavy atom. The molecule has 1 atom stereocenters. The predicted octanol–water partition coefficient (Wildman–Crippen LogP) is 5.89. The third-order valence-electron chi connectivity index (χ3n) is 7.03. The van der Waals surface area contributed by atoms with Crippen LogP contribution in [0.1, 0.15) is 49.1 Å². The average molecular weight is 503 g/mol. The number of piperazine rings is 1. The molecular weight excluding hydrogens is 460 g/mol. The summed E-state index contributed by atoms with van der Waals surface area (Å²) in [4.78, 5) is 5.17. The summed E-state index contributed by atoms with van der Waals surface area (Å²) in [5.74, 6) is 0.828. The van der Waals surface area contributed by atoms with Gasteiger partial charge >= 0.3 is 0 Å². The highest BCUT2D eigenvalue weighted by molar-refractivity contribution is 5.39. The van der Waals surface area contributed by atoms with Gasteiger partial charge in [-0.15, -0.1) is 0 Å². The van der Waals surface area contributed by atoms with E-state index >= 15 is 0 Å². The molecule has 1 saturated heterocycles. The van der Waals surface area contributed by atoms with Crippen LogP contribution in [0.4, 0.5) is 0 Å². The van der Waals surface area contributed by atoms with Crippen LogP contribution in [0.25, 0.3) is 0 Å². The van der Waals surface area contributed by atoms with Crippen LogP contribution in [0.2, 0.25) is 0 Å². The first-order valence-electron chi connectivity index (χ1n) is 13.3. The molecular formula is C32H42N2O3. The molecule has 4 rings (SSSR count). The first-order chi connectivity index (χ1) is 17.9. The van der Waals surface area contributed by atoms with Crippen molar-refractivity contribution in [3.63, 3.8) is 0 Å². The molecule has 5 heteroatoms. The molecule has 5 nitrogen and oxygen atoms in total. The second-order valence-electron chi connectivity index (χ2n) is 10.8. The van der Waals surface area contributed by atoms with Gasteiger partial charge in [0.15, 0.2) is 6.79 Å². The second-order valence-corrected chi connectivity index (χ2v) is 10.8. The second kappa shape index (κ2) is 13.2. The van der Waals surface area contributed by atoms with Gasteiger partial charge in [0, 0.05) is 39.8 Å². The first kappa shape index (κ1) is 27.3. The topological polar surface area (TPSA) is 34.2 Å². The highest BCUT2D eigenvalue weighted by Crippen LogP contribution is 2.33. The van der Waals surface area contributed by atoms with E-state index in [0.29, 0.717) is 13.2 Å². The molecule has 198 valence electrons. The van der Waals surface area contributed by atoms with Gasteiger partial charge in [0.25, 0.3) is 0 Å². The van der Waals surface area contributed by atoms with Gasteiger partial charge < -0.3 is 14.2 Å². The van der Waals surface area contributed by atoms with Crippen molar-refractivity contribution in [2.24, 2.45) is 0 Å². The quantitative estimate of drug-likeness (QED) is 0.241. The van der Waals surface area contributed by atoms with Gasteiger partial charge in [0.1, 0.15) is 5.75 Å². The maximum Gasteiger partial charge on any atom is 0.189 e. The Balaban J connectivity index is 1.51. The molecule has 3 aromatic rings. The summed E-state index contributed by atoms with van der Waals surface area (Å²) in [6.07, 6.45) is 0. The van der Waals surface area contributed by atoms with E-state index in [1.54, 1.807) is 7.11 Å². The zero-order valence-electron chi connectivity index (χ0n) is 22.9. The Bertz CT molecular complexity index is 1070. The molecule has 0 saturated carbocycles. The van der Waals surface area contributed by atoms with E-state index in [0.717, 1.165) is 38.5 Å². The van der Waals surface area contributed by atoms with Crippen LogP contribution in [0.15, 0.2) is 78.9 Å². The molecule has 1 heterocycles. The lowest BCUT2D eigenvalue weighted by molar-refractivity contribution is -0.00854. The molecule has 0 spiro atoms. The Morgan fingerprint density at radius 2 is 1.51 bits per heavy atom. The van der Waals surface area contributed by atoms with E-state index in [9.17, 15) is 0 Å². The van der Waals surface area contributed by atoms with Gasteiger partial charge in [-0.1, -0.05) is 87.5 Å². The number of hydrogen-bond donors (Lipinski definition) is 0. The summed E-state index contributed by atoms with van der Waals surface area (Å²) >= 11 is 0. The standard InChI is InChI=1S/C32H42N2O3/c1-32(2,3)29-15-13-27(14-16-29)31(28-11-8-12-30(23-28)37-25-36-22-21-35-4)34-19-17-33(18-20-34)24-26-9-6-5-7-10-26/h5-16,23,31H,17-22,24-25H2,1-4H3. The molecule has 3 aromatic carbocycles. The molecule has 0 radical (unpaired) electrons. The molecule has 1 fully saturated rings. The van der Waals surface area contributed by atoms with E-state index in [-0.39, 0.29) is 18.2 Å². The smallest absolute Gasteiger partial charge is 0.189 e. The Hall–Kier alpha value is -2.70.